The Kier molecular flexibility index (Phi) is 2.85. The fourth-order valence-corrected chi connectivity index (χ4v) is 3.11. The first-order valence-electron chi connectivity index (χ1n) is 6.47. The number of anilines is 2. The Morgan fingerprint density at radius 3 is 3.06 bits per heavy atom. The van der Waals surface area contributed by atoms with Gasteiger partial charge in [-0.25, -0.2) is 0 Å². The summed E-state index contributed by atoms with van der Waals surface area (Å²) in [7, 11) is 0. The average Bonchev–Trinajstić information content (AvgIpc) is 2.87. The van der Waals surface area contributed by atoms with Gasteiger partial charge in [0.25, 0.3) is 0 Å². The number of morpholine rings is 1. The average molecular weight is 243 g/mol. The summed E-state index contributed by atoms with van der Waals surface area (Å²) in [6.07, 6.45) is 3.90. The number of nitrogen functional groups attached to an aromatic ring is 1. The van der Waals surface area contributed by atoms with Crippen molar-refractivity contribution in [2.45, 2.75) is 31.4 Å². The highest BCUT2D eigenvalue weighted by atomic mass is 16.5. The Labute approximate surface area is 107 Å². The molecule has 18 heavy (non-hydrogen) atoms. The third kappa shape index (κ3) is 1.81. The standard InChI is InChI=1S/C14H17N3O/c15-9-10-4-5-12(11(16)8-10)17-6-7-18-14-3-1-2-13(14)17/h4-5,8,13-14H,1-3,6-7,16H2. The highest BCUT2D eigenvalue weighted by Gasteiger charge is 2.36. The number of nitrogens with zero attached hydrogens (tertiary/aromatic N) is 2. The molecule has 0 radical (unpaired) electrons. The predicted octanol–water partition coefficient (Wildman–Crippen LogP) is 1.90. The van der Waals surface area contributed by atoms with Gasteiger partial charge < -0.3 is 15.4 Å². The van der Waals surface area contributed by atoms with E-state index < -0.39 is 0 Å². The van der Waals surface area contributed by atoms with Gasteiger partial charge in [-0.3, -0.25) is 0 Å². The van der Waals surface area contributed by atoms with Crippen LogP contribution in [0.15, 0.2) is 18.2 Å². The van der Waals surface area contributed by atoms with E-state index >= 15 is 0 Å². The molecule has 2 aliphatic rings. The van der Waals surface area contributed by atoms with E-state index in [-0.39, 0.29) is 0 Å². The highest BCUT2D eigenvalue weighted by Crippen LogP contribution is 2.35. The second kappa shape index (κ2) is 4.51. The molecule has 0 aromatic heterocycles. The zero-order chi connectivity index (χ0) is 12.5. The van der Waals surface area contributed by atoms with Crippen molar-refractivity contribution in [2.75, 3.05) is 23.8 Å². The molecule has 3 rings (SSSR count). The second-order valence-electron chi connectivity index (χ2n) is 4.99. The first-order valence-corrected chi connectivity index (χ1v) is 6.47. The summed E-state index contributed by atoms with van der Waals surface area (Å²) < 4.78 is 5.80. The molecule has 0 spiro atoms. The van der Waals surface area contributed by atoms with E-state index in [0.29, 0.717) is 23.4 Å². The van der Waals surface area contributed by atoms with Crippen molar-refractivity contribution < 1.29 is 4.74 Å². The van der Waals surface area contributed by atoms with Crippen molar-refractivity contribution in [3.05, 3.63) is 23.8 Å². The highest BCUT2D eigenvalue weighted by molar-refractivity contribution is 5.70. The molecular formula is C14H17N3O. The van der Waals surface area contributed by atoms with Crippen molar-refractivity contribution in [3.8, 4) is 6.07 Å². The quantitative estimate of drug-likeness (QED) is 0.765. The Morgan fingerprint density at radius 1 is 1.39 bits per heavy atom. The van der Waals surface area contributed by atoms with Crippen LogP contribution < -0.4 is 10.6 Å². The maximum absolute atomic E-state index is 8.87. The van der Waals surface area contributed by atoms with Gasteiger partial charge in [0, 0.05) is 6.54 Å². The van der Waals surface area contributed by atoms with Crippen LogP contribution in [-0.4, -0.2) is 25.3 Å². The normalized spacial score (nSPS) is 26.7. The number of fused-ring (bicyclic) bond motifs is 1. The first kappa shape index (κ1) is 11.4. The number of nitriles is 1. The van der Waals surface area contributed by atoms with Gasteiger partial charge in [0.1, 0.15) is 0 Å². The van der Waals surface area contributed by atoms with Gasteiger partial charge in [0.15, 0.2) is 0 Å². The van der Waals surface area contributed by atoms with Gasteiger partial charge in [-0.15, -0.1) is 0 Å². The SMILES string of the molecule is N#Cc1ccc(N2CCOC3CCCC32)c(N)c1. The molecule has 2 unspecified atom stereocenters. The second-order valence-corrected chi connectivity index (χ2v) is 4.99. The van der Waals surface area contributed by atoms with E-state index in [1.54, 1.807) is 6.07 Å². The maximum atomic E-state index is 8.87. The number of hydrogen-bond donors (Lipinski definition) is 1. The minimum atomic E-state index is 0.355. The zero-order valence-corrected chi connectivity index (χ0v) is 10.3. The number of ether oxygens (including phenoxy) is 1. The van der Waals surface area contributed by atoms with Crippen LogP contribution in [0.25, 0.3) is 0 Å². The van der Waals surface area contributed by atoms with Crippen LogP contribution >= 0.6 is 0 Å². The Bertz CT molecular complexity index is 494. The van der Waals surface area contributed by atoms with Crippen LogP contribution in [0, 0.1) is 11.3 Å². The van der Waals surface area contributed by atoms with Gasteiger partial charge >= 0.3 is 0 Å². The van der Waals surface area contributed by atoms with Crippen LogP contribution in [0.1, 0.15) is 24.8 Å². The summed E-state index contributed by atoms with van der Waals surface area (Å²) in [5.74, 6) is 0. The van der Waals surface area contributed by atoms with Crippen LogP contribution in [0.3, 0.4) is 0 Å². The smallest absolute Gasteiger partial charge is 0.0992 e. The third-order valence-electron chi connectivity index (χ3n) is 3.95. The van der Waals surface area contributed by atoms with E-state index in [9.17, 15) is 0 Å². The van der Waals surface area contributed by atoms with Crippen LogP contribution in [-0.2, 0) is 4.74 Å². The third-order valence-corrected chi connectivity index (χ3v) is 3.95. The molecule has 1 aromatic rings. The number of hydrogen-bond acceptors (Lipinski definition) is 4. The van der Waals surface area contributed by atoms with Crippen molar-refractivity contribution >= 4 is 11.4 Å². The maximum Gasteiger partial charge on any atom is 0.0992 e. The summed E-state index contributed by atoms with van der Waals surface area (Å²) in [4.78, 5) is 2.36. The Balaban J connectivity index is 1.92. The zero-order valence-electron chi connectivity index (χ0n) is 10.3. The molecule has 2 fully saturated rings. The molecule has 1 heterocycles. The van der Waals surface area contributed by atoms with E-state index in [1.165, 1.54) is 12.8 Å². The van der Waals surface area contributed by atoms with Gasteiger partial charge in [-0.05, 0) is 37.5 Å². The van der Waals surface area contributed by atoms with Gasteiger partial charge in [0.2, 0.25) is 0 Å². The van der Waals surface area contributed by atoms with Crippen molar-refractivity contribution in [1.29, 1.82) is 5.26 Å². The summed E-state index contributed by atoms with van der Waals surface area (Å²) in [6, 6.07) is 8.14. The monoisotopic (exact) mass is 243 g/mol. The molecule has 94 valence electrons. The lowest BCUT2D eigenvalue weighted by Gasteiger charge is -2.39. The van der Waals surface area contributed by atoms with Gasteiger partial charge in [0.05, 0.1) is 41.8 Å². The molecule has 1 saturated heterocycles. The molecule has 0 bridgehead atoms. The van der Waals surface area contributed by atoms with Gasteiger partial charge in [-0.1, -0.05) is 0 Å². The van der Waals surface area contributed by atoms with Crippen LogP contribution in [0.5, 0.6) is 0 Å². The molecule has 4 heteroatoms. The molecule has 1 aromatic carbocycles. The van der Waals surface area contributed by atoms with Crippen LogP contribution in [0.2, 0.25) is 0 Å². The number of nitrogens with two attached hydrogens (primary N) is 1. The molecule has 2 N–H and O–H groups in total. The van der Waals surface area contributed by atoms with E-state index in [4.69, 9.17) is 15.7 Å². The summed E-state index contributed by atoms with van der Waals surface area (Å²) in [5.41, 5.74) is 8.44. The molecule has 1 saturated carbocycles. The molecule has 1 aliphatic heterocycles. The first-order chi connectivity index (χ1) is 8.79. The number of rotatable bonds is 1. The molecule has 2 atom stereocenters. The lowest BCUT2D eigenvalue weighted by Crippen LogP contribution is -2.48. The molecule has 1 aliphatic carbocycles. The van der Waals surface area contributed by atoms with E-state index in [1.807, 2.05) is 12.1 Å². The molecule has 0 amide bonds. The number of benzene rings is 1. The van der Waals surface area contributed by atoms with E-state index in [0.717, 1.165) is 25.3 Å². The van der Waals surface area contributed by atoms with Crippen LogP contribution in [0.4, 0.5) is 11.4 Å². The largest absolute Gasteiger partial charge is 0.397 e. The molecule has 4 nitrogen and oxygen atoms in total. The van der Waals surface area contributed by atoms with Gasteiger partial charge in [-0.2, -0.15) is 5.26 Å². The summed E-state index contributed by atoms with van der Waals surface area (Å²) in [5, 5.41) is 8.87. The minimum Gasteiger partial charge on any atom is -0.397 e. The Morgan fingerprint density at radius 2 is 2.28 bits per heavy atom. The fraction of sp³-hybridized carbons (Fsp3) is 0.500. The minimum absolute atomic E-state index is 0.355. The Hall–Kier alpha value is -1.73. The summed E-state index contributed by atoms with van der Waals surface area (Å²) >= 11 is 0. The molecular weight excluding hydrogens is 226 g/mol. The lowest BCUT2D eigenvalue weighted by molar-refractivity contribution is 0.0257. The lowest BCUT2D eigenvalue weighted by atomic mass is 10.1. The van der Waals surface area contributed by atoms with Crippen molar-refractivity contribution in [3.63, 3.8) is 0 Å². The predicted molar refractivity (Wildman–Crippen MR) is 70.3 cm³/mol. The fourth-order valence-electron chi connectivity index (χ4n) is 3.11. The van der Waals surface area contributed by atoms with Crippen molar-refractivity contribution in [1.82, 2.24) is 0 Å². The topological polar surface area (TPSA) is 62.3 Å². The van der Waals surface area contributed by atoms with Crippen molar-refractivity contribution in [2.24, 2.45) is 0 Å². The van der Waals surface area contributed by atoms with E-state index in [2.05, 4.69) is 11.0 Å². The summed E-state index contributed by atoms with van der Waals surface area (Å²) in [6.45, 7) is 1.65.